The Kier molecular flexibility index (Phi) is 4.38. The average molecular weight is 364 g/mol. The minimum absolute atomic E-state index is 0.155. The topological polar surface area (TPSA) is 122 Å². The standard InChI is InChI=1S/C15H16N4O5S/c1-9-2-3-10(19(23)24)6-11(9)16-12(20)7-18-13(21)15(17-14(18)22)4-5-25-8-15/h2-3,6H,4-5,7-8H2,1H3,(H,16,20)(H,17,22). The molecular weight excluding hydrogens is 348 g/mol. The minimum Gasteiger partial charge on any atom is -0.324 e. The zero-order valence-corrected chi connectivity index (χ0v) is 14.2. The number of non-ortho nitro benzene ring substituents is 1. The molecule has 0 radical (unpaired) electrons. The van der Waals surface area contributed by atoms with Gasteiger partial charge < -0.3 is 10.6 Å². The van der Waals surface area contributed by atoms with E-state index in [9.17, 15) is 24.5 Å². The zero-order valence-electron chi connectivity index (χ0n) is 13.4. The van der Waals surface area contributed by atoms with Crippen molar-refractivity contribution in [2.24, 2.45) is 0 Å². The molecule has 1 unspecified atom stereocenters. The normalized spacial score (nSPS) is 22.4. The van der Waals surface area contributed by atoms with Crippen LogP contribution in [0.15, 0.2) is 18.2 Å². The lowest BCUT2D eigenvalue weighted by molar-refractivity contribution is -0.384. The van der Waals surface area contributed by atoms with Crippen LogP contribution in [-0.2, 0) is 9.59 Å². The Balaban J connectivity index is 1.71. The van der Waals surface area contributed by atoms with Crippen molar-refractivity contribution >= 4 is 41.0 Å². The number of nitro benzene ring substituents is 1. The van der Waals surface area contributed by atoms with Crippen LogP contribution in [0.3, 0.4) is 0 Å². The largest absolute Gasteiger partial charge is 0.325 e. The first-order valence-corrected chi connectivity index (χ1v) is 8.75. The first kappa shape index (κ1) is 17.2. The molecule has 132 valence electrons. The van der Waals surface area contributed by atoms with Crippen LogP contribution in [0.2, 0.25) is 0 Å². The van der Waals surface area contributed by atoms with E-state index in [0.717, 1.165) is 10.7 Å². The lowest BCUT2D eigenvalue weighted by Crippen LogP contribution is -2.47. The van der Waals surface area contributed by atoms with Crippen molar-refractivity contribution in [2.75, 3.05) is 23.4 Å². The second-order valence-electron chi connectivity index (χ2n) is 6.01. The van der Waals surface area contributed by atoms with E-state index in [0.29, 0.717) is 17.7 Å². The summed E-state index contributed by atoms with van der Waals surface area (Å²) in [6, 6.07) is 3.52. The van der Waals surface area contributed by atoms with Gasteiger partial charge in [-0.2, -0.15) is 11.8 Å². The Labute approximate surface area is 147 Å². The highest BCUT2D eigenvalue weighted by Crippen LogP contribution is 2.33. The third-order valence-electron chi connectivity index (χ3n) is 4.28. The fraction of sp³-hybridized carbons (Fsp3) is 0.400. The van der Waals surface area contributed by atoms with Gasteiger partial charge in [-0.15, -0.1) is 0 Å². The summed E-state index contributed by atoms with van der Waals surface area (Å²) in [7, 11) is 0. The van der Waals surface area contributed by atoms with Crippen molar-refractivity contribution in [3.8, 4) is 0 Å². The van der Waals surface area contributed by atoms with E-state index in [-0.39, 0.29) is 11.4 Å². The molecule has 10 heteroatoms. The molecule has 2 aliphatic rings. The van der Waals surface area contributed by atoms with Crippen LogP contribution < -0.4 is 10.6 Å². The summed E-state index contributed by atoms with van der Waals surface area (Å²) >= 11 is 1.58. The Bertz CT molecular complexity index is 775. The zero-order chi connectivity index (χ0) is 18.2. The number of thioether (sulfide) groups is 1. The van der Waals surface area contributed by atoms with Crippen LogP contribution >= 0.6 is 11.8 Å². The number of carbonyl (C=O) groups excluding carboxylic acids is 3. The third-order valence-corrected chi connectivity index (χ3v) is 5.47. The van der Waals surface area contributed by atoms with Gasteiger partial charge in [0.05, 0.1) is 10.6 Å². The van der Waals surface area contributed by atoms with Crippen molar-refractivity contribution in [3.63, 3.8) is 0 Å². The van der Waals surface area contributed by atoms with Crippen molar-refractivity contribution < 1.29 is 19.3 Å². The van der Waals surface area contributed by atoms with Gasteiger partial charge in [0.2, 0.25) is 5.91 Å². The lowest BCUT2D eigenvalue weighted by Gasteiger charge is -2.19. The number of nitrogens with one attached hydrogen (secondary N) is 2. The molecule has 1 aromatic carbocycles. The molecule has 1 spiro atoms. The summed E-state index contributed by atoms with van der Waals surface area (Å²) in [5, 5.41) is 16.1. The number of amides is 4. The van der Waals surface area contributed by atoms with E-state index in [1.807, 2.05) is 0 Å². The molecule has 4 amide bonds. The maximum absolute atomic E-state index is 12.5. The number of nitrogens with zero attached hydrogens (tertiary/aromatic N) is 2. The molecule has 2 heterocycles. The maximum Gasteiger partial charge on any atom is 0.325 e. The van der Waals surface area contributed by atoms with E-state index >= 15 is 0 Å². The molecule has 2 fully saturated rings. The second-order valence-corrected chi connectivity index (χ2v) is 7.12. The highest BCUT2D eigenvalue weighted by Gasteiger charge is 2.53. The Morgan fingerprint density at radius 2 is 2.24 bits per heavy atom. The summed E-state index contributed by atoms with van der Waals surface area (Å²) < 4.78 is 0. The number of benzene rings is 1. The van der Waals surface area contributed by atoms with Gasteiger partial charge in [0.25, 0.3) is 11.6 Å². The number of hydrogen-bond acceptors (Lipinski definition) is 6. The molecule has 25 heavy (non-hydrogen) atoms. The van der Waals surface area contributed by atoms with Crippen LogP contribution in [0.5, 0.6) is 0 Å². The van der Waals surface area contributed by atoms with Crippen molar-refractivity contribution in [2.45, 2.75) is 18.9 Å². The predicted molar refractivity (Wildman–Crippen MR) is 91.4 cm³/mol. The molecule has 3 rings (SSSR count). The highest BCUT2D eigenvalue weighted by molar-refractivity contribution is 7.99. The van der Waals surface area contributed by atoms with Crippen LogP contribution in [0, 0.1) is 17.0 Å². The number of anilines is 1. The van der Waals surface area contributed by atoms with Crippen LogP contribution in [-0.4, -0.2) is 51.3 Å². The van der Waals surface area contributed by atoms with E-state index in [2.05, 4.69) is 10.6 Å². The Morgan fingerprint density at radius 3 is 2.88 bits per heavy atom. The number of aryl methyl sites for hydroxylation is 1. The molecule has 1 aromatic rings. The monoisotopic (exact) mass is 364 g/mol. The van der Waals surface area contributed by atoms with Crippen LogP contribution in [0.4, 0.5) is 16.2 Å². The molecule has 2 saturated heterocycles. The SMILES string of the molecule is Cc1ccc([N+](=O)[O-])cc1NC(=O)CN1C(=O)NC2(CCSC2)C1=O. The number of urea groups is 1. The number of rotatable bonds is 4. The Hall–Kier alpha value is -2.62. The molecule has 2 N–H and O–H groups in total. The summed E-state index contributed by atoms with van der Waals surface area (Å²) in [5.41, 5.74) is -0.140. The number of imide groups is 1. The van der Waals surface area contributed by atoms with Crippen molar-refractivity contribution in [3.05, 3.63) is 33.9 Å². The molecule has 1 atom stereocenters. The number of carbonyl (C=O) groups is 3. The summed E-state index contributed by atoms with van der Waals surface area (Å²) in [6.45, 7) is 1.26. The molecule has 0 aliphatic carbocycles. The summed E-state index contributed by atoms with van der Waals surface area (Å²) in [4.78, 5) is 48.0. The van der Waals surface area contributed by atoms with Gasteiger partial charge >= 0.3 is 6.03 Å². The predicted octanol–water partition coefficient (Wildman–Crippen LogP) is 1.27. The first-order chi connectivity index (χ1) is 11.8. The van der Waals surface area contributed by atoms with Crippen LogP contribution in [0.25, 0.3) is 0 Å². The first-order valence-electron chi connectivity index (χ1n) is 7.59. The van der Waals surface area contributed by atoms with E-state index in [4.69, 9.17) is 0 Å². The molecule has 0 bridgehead atoms. The van der Waals surface area contributed by atoms with Gasteiger partial charge in [-0.05, 0) is 24.7 Å². The fourth-order valence-electron chi connectivity index (χ4n) is 2.84. The maximum atomic E-state index is 12.5. The Morgan fingerprint density at radius 1 is 1.48 bits per heavy atom. The van der Waals surface area contributed by atoms with Crippen LogP contribution in [0.1, 0.15) is 12.0 Å². The van der Waals surface area contributed by atoms with Crippen molar-refractivity contribution in [1.82, 2.24) is 10.2 Å². The minimum atomic E-state index is -0.899. The van der Waals surface area contributed by atoms with E-state index in [1.54, 1.807) is 18.7 Å². The van der Waals surface area contributed by atoms with Gasteiger partial charge in [0.15, 0.2) is 0 Å². The quantitative estimate of drug-likeness (QED) is 0.471. The molecule has 0 aromatic heterocycles. The third kappa shape index (κ3) is 3.16. The van der Waals surface area contributed by atoms with Crippen molar-refractivity contribution in [1.29, 1.82) is 0 Å². The molecule has 9 nitrogen and oxygen atoms in total. The average Bonchev–Trinajstić information content (AvgIpc) is 3.11. The van der Waals surface area contributed by atoms with Gasteiger partial charge in [-0.3, -0.25) is 24.6 Å². The smallest absolute Gasteiger partial charge is 0.324 e. The highest BCUT2D eigenvalue weighted by atomic mass is 32.2. The summed E-state index contributed by atoms with van der Waals surface area (Å²) in [6.07, 6.45) is 0.546. The number of nitro groups is 1. The second kappa shape index (κ2) is 6.36. The van der Waals surface area contributed by atoms with E-state index < -0.39 is 34.9 Å². The fourth-order valence-corrected chi connectivity index (χ4v) is 4.17. The molecule has 2 aliphatic heterocycles. The number of hydrogen-bond donors (Lipinski definition) is 2. The van der Waals surface area contributed by atoms with Gasteiger partial charge in [0, 0.05) is 17.9 Å². The van der Waals surface area contributed by atoms with Gasteiger partial charge in [0.1, 0.15) is 12.1 Å². The van der Waals surface area contributed by atoms with Gasteiger partial charge in [-0.25, -0.2) is 4.79 Å². The molecule has 0 saturated carbocycles. The lowest BCUT2D eigenvalue weighted by atomic mass is 9.99. The van der Waals surface area contributed by atoms with E-state index in [1.165, 1.54) is 18.2 Å². The summed E-state index contributed by atoms with van der Waals surface area (Å²) in [5.74, 6) is 0.293. The molecular formula is C15H16N4O5S. The van der Waals surface area contributed by atoms with Gasteiger partial charge in [-0.1, -0.05) is 6.07 Å².